The lowest BCUT2D eigenvalue weighted by molar-refractivity contribution is -0.146. The summed E-state index contributed by atoms with van der Waals surface area (Å²) in [5, 5.41) is 7.06. The van der Waals surface area contributed by atoms with E-state index in [2.05, 4.69) is 72.9 Å². The first-order valence-corrected chi connectivity index (χ1v) is 30.7. The van der Waals surface area contributed by atoms with Crippen LogP contribution in [0.1, 0.15) is 130 Å². The molecule has 7 fully saturated rings. The number of rotatable bonds is 16. The second-order valence-electron chi connectivity index (χ2n) is 23.6. The summed E-state index contributed by atoms with van der Waals surface area (Å²) in [6.45, 7) is 21.6. The van der Waals surface area contributed by atoms with Gasteiger partial charge in [0.15, 0.2) is 11.4 Å². The number of ether oxygens (including phenoxy) is 2. The van der Waals surface area contributed by atoms with E-state index in [1.165, 1.54) is 0 Å². The number of nitrogens with one attached hydrogen (secondary N) is 2. The molecule has 6 aliphatic heterocycles. The number of piperazine rings is 2. The second kappa shape index (κ2) is 27.4. The molecule has 12 rings (SSSR count). The minimum atomic E-state index is -0.202. The molecule has 4 aromatic heterocycles. The van der Waals surface area contributed by atoms with Gasteiger partial charge in [0.05, 0.1) is 57.7 Å². The number of carbonyl (C=O) groups excluding carboxylic acids is 4. The molecule has 84 heavy (non-hydrogen) atoms. The molecular weight excluding hydrogens is 1080 g/mol. The van der Waals surface area contributed by atoms with Gasteiger partial charge in [0.1, 0.15) is 0 Å². The number of aromatic nitrogens is 4. The lowest BCUT2D eigenvalue weighted by atomic mass is 9.69. The van der Waals surface area contributed by atoms with Gasteiger partial charge in [-0.1, -0.05) is 52.3 Å². The number of hydrogen-bond acceptors (Lipinski definition) is 14. The van der Waals surface area contributed by atoms with Crippen LogP contribution in [0.4, 0.5) is 11.4 Å². The number of aryl methyl sites for hydroxylation is 1. The average molecular weight is 1170 g/mol. The highest BCUT2D eigenvalue weighted by molar-refractivity contribution is 6.33. The summed E-state index contributed by atoms with van der Waals surface area (Å²) in [4.78, 5) is 86.5. The van der Waals surface area contributed by atoms with Crippen LogP contribution in [-0.2, 0) is 4.79 Å². The number of likely N-dealkylation sites (N-methyl/N-ethyl adjacent to an activating group) is 1. The van der Waals surface area contributed by atoms with Crippen molar-refractivity contribution in [1.82, 2.24) is 50.2 Å². The molecule has 2 bridgehead atoms. The highest BCUT2D eigenvalue weighted by Gasteiger charge is 2.44. The Labute approximate surface area is 502 Å². The van der Waals surface area contributed by atoms with Crippen LogP contribution in [0.15, 0.2) is 79.1 Å². The Kier molecular flexibility index (Phi) is 20.1. The number of nitrogens with zero attached hydrogens (tertiary/aromatic N) is 10. The summed E-state index contributed by atoms with van der Waals surface area (Å²) in [5.41, 5.74) is 6.53. The van der Waals surface area contributed by atoms with E-state index in [9.17, 15) is 19.2 Å². The number of anilines is 2. The normalized spacial score (nSPS) is 22.7. The molecule has 0 radical (unpaired) electrons. The Bertz CT molecular complexity index is 3130. The number of halogens is 1. The van der Waals surface area contributed by atoms with E-state index in [0.29, 0.717) is 104 Å². The van der Waals surface area contributed by atoms with Gasteiger partial charge in [-0.2, -0.15) is 0 Å². The number of benzene rings is 1. The zero-order valence-corrected chi connectivity index (χ0v) is 50.3. The number of pyridine rings is 4. The predicted molar refractivity (Wildman–Crippen MR) is 331 cm³/mol. The molecule has 4 atom stereocenters. The van der Waals surface area contributed by atoms with E-state index in [1.54, 1.807) is 18.5 Å². The first kappa shape index (κ1) is 61.7. The molecule has 1 aromatic carbocycles. The van der Waals surface area contributed by atoms with E-state index in [4.69, 9.17) is 31.0 Å². The first-order chi connectivity index (χ1) is 40.2. The van der Waals surface area contributed by atoms with Gasteiger partial charge in [-0.25, -0.2) is 19.9 Å². The first-order valence-electron chi connectivity index (χ1n) is 30.3. The predicted octanol–water partition coefficient (Wildman–Crippen LogP) is 9.30. The highest BCUT2D eigenvalue weighted by Crippen LogP contribution is 2.43. The fourth-order valence-corrected chi connectivity index (χ4v) is 13.3. The van der Waals surface area contributed by atoms with Crippen LogP contribution in [0.3, 0.4) is 0 Å². The topological polar surface area (TPSA) is 182 Å². The zero-order chi connectivity index (χ0) is 58.4. The van der Waals surface area contributed by atoms with Gasteiger partial charge >= 0.3 is 0 Å². The maximum absolute atomic E-state index is 14.1. The van der Waals surface area contributed by atoms with Crippen molar-refractivity contribution in [3.63, 3.8) is 0 Å². The van der Waals surface area contributed by atoms with Crippen molar-refractivity contribution in [2.24, 2.45) is 11.3 Å². The van der Waals surface area contributed by atoms with Crippen LogP contribution >= 0.6 is 11.6 Å². The van der Waals surface area contributed by atoms with E-state index >= 15 is 0 Å². The molecule has 4 amide bonds. The molecule has 6 saturated heterocycles. The van der Waals surface area contributed by atoms with E-state index in [-0.39, 0.29) is 60.6 Å². The molecule has 0 unspecified atom stereocenters. The van der Waals surface area contributed by atoms with Crippen LogP contribution in [0.25, 0.3) is 22.5 Å². The number of fused-ring (bicyclic) bond motifs is 3. The minimum Gasteiger partial charge on any atom is -0.477 e. The van der Waals surface area contributed by atoms with Crippen LogP contribution < -0.4 is 29.9 Å². The average Bonchev–Trinajstić information content (AvgIpc) is 4.06. The van der Waals surface area contributed by atoms with Crippen LogP contribution in [-0.4, -0.2) is 180 Å². The van der Waals surface area contributed by atoms with E-state index in [1.807, 2.05) is 86.3 Å². The van der Waals surface area contributed by atoms with Crippen LogP contribution in [0.5, 0.6) is 11.8 Å². The number of hydrogen-bond donors (Lipinski definition) is 2. The van der Waals surface area contributed by atoms with Gasteiger partial charge in [-0.3, -0.25) is 19.2 Å². The van der Waals surface area contributed by atoms with Crippen molar-refractivity contribution < 1.29 is 28.7 Å². The molecule has 5 aromatic rings. The molecule has 1 saturated carbocycles. The third-order valence-electron chi connectivity index (χ3n) is 18.0. The molecule has 0 spiro atoms. The van der Waals surface area contributed by atoms with Gasteiger partial charge in [0.2, 0.25) is 17.7 Å². The summed E-state index contributed by atoms with van der Waals surface area (Å²) >= 11 is 6.44. The minimum absolute atomic E-state index is 0. The van der Waals surface area contributed by atoms with Crippen molar-refractivity contribution >= 4 is 46.6 Å². The van der Waals surface area contributed by atoms with Crippen molar-refractivity contribution in [3.05, 3.63) is 107 Å². The summed E-state index contributed by atoms with van der Waals surface area (Å²) in [7, 11) is 2.06. The summed E-state index contributed by atoms with van der Waals surface area (Å²) in [6.07, 6.45) is 11.3. The van der Waals surface area contributed by atoms with Crippen molar-refractivity contribution in [3.8, 4) is 34.3 Å². The Morgan fingerprint density at radius 1 is 0.667 bits per heavy atom. The summed E-state index contributed by atoms with van der Waals surface area (Å²) in [5.74, 6) is 1.40. The Morgan fingerprint density at radius 3 is 1.71 bits per heavy atom. The van der Waals surface area contributed by atoms with E-state index < -0.39 is 0 Å². The third kappa shape index (κ3) is 13.5. The van der Waals surface area contributed by atoms with Crippen molar-refractivity contribution in [2.75, 3.05) is 102 Å². The summed E-state index contributed by atoms with van der Waals surface area (Å²) < 4.78 is 11.6. The Hall–Kier alpha value is -6.89. The number of amides is 4. The van der Waals surface area contributed by atoms with Crippen molar-refractivity contribution in [2.45, 2.75) is 125 Å². The van der Waals surface area contributed by atoms with Crippen molar-refractivity contribution in [1.29, 1.82) is 0 Å². The number of likely N-dealkylation sites (tertiary alicyclic amines) is 1. The fourth-order valence-electron chi connectivity index (χ4n) is 13.0. The molecule has 7 aliphatic rings. The lowest BCUT2D eigenvalue weighted by Gasteiger charge is -2.47. The maximum atomic E-state index is 14.1. The number of carbonyl (C=O) groups is 4. The quantitative estimate of drug-likeness (QED) is 0.0954. The largest absolute Gasteiger partial charge is 0.477 e. The zero-order valence-electron chi connectivity index (χ0n) is 49.5. The monoisotopic (exact) mass is 1170 g/mol. The standard InChI is InChI=1S/C32H39ClN6O3.C32H44N6O3.CH4/c1-5-23-20-38(32(41)24-10-9-21(3)18-26(24)33)16-17-39(23)28-12-11-27(25-8-7-14-34-31(25)42-6-2)36-29(28)30(40)35-22-13-15-37(4)19-22;1-4-23-20-37(31(40)32(3)13-7-14-32)18-19-38(23)27-10-9-25(24-8-6-15-33-30(24)41-5-2)34-28(27)29(39)35-26-21-36-16-11-22(26)12-17-36;/h7-12,14,18,22-23H,5-6,13,15-17,19-20H2,1-4H3,(H,35,40);6,8-10,15,22-23,26H,4-5,7,11-14,16-21H2,1-3H3,(H,35,39);1H4/t22-,23-;23-,26-;/m11./s1. The molecular formula is C65H87ClN12O6. The van der Waals surface area contributed by atoms with Crippen LogP contribution in [0.2, 0.25) is 5.02 Å². The lowest BCUT2D eigenvalue weighted by Crippen LogP contribution is -2.59. The Morgan fingerprint density at radius 2 is 1.23 bits per heavy atom. The summed E-state index contributed by atoms with van der Waals surface area (Å²) in [6, 6.07) is 21.3. The highest BCUT2D eigenvalue weighted by atomic mass is 35.5. The second-order valence-corrected chi connectivity index (χ2v) is 24.0. The maximum Gasteiger partial charge on any atom is 0.272 e. The SMILES string of the molecule is C.CCOc1ncccc1-c1ccc(N2CCN(C(=O)C3(C)CCC3)C[C@H]2CC)c(C(=O)N[C@@H]2CN3CCC2CC3)n1.CCOc1ncccc1-c1ccc(N2CCN(C(=O)c3ccc(C)cc3Cl)C[C@H]2CC)c(C(=O)N[C@@H]2CCN(C)C2)n1. The smallest absolute Gasteiger partial charge is 0.272 e. The van der Waals surface area contributed by atoms with Gasteiger partial charge in [0, 0.05) is 94.3 Å². The van der Waals surface area contributed by atoms with Gasteiger partial charge in [-0.15, -0.1) is 0 Å². The molecule has 18 nitrogen and oxygen atoms in total. The van der Waals surface area contributed by atoms with Gasteiger partial charge in [0.25, 0.3) is 17.7 Å². The molecule has 10 heterocycles. The fraction of sp³-hybridized carbons (Fsp3) is 0.538. The van der Waals surface area contributed by atoms with Crippen LogP contribution in [0, 0.1) is 18.3 Å². The Balaban J connectivity index is 0.000000199. The third-order valence-corrected chi connectivity index (χ3v) is 18.3. The van der Waals surface area contributed by atoms with E-state index in [0.717, 1.165) is 112 Å². The molecule has 19 heteroatoms. The van der Waals surface area contributed by atoms with Gasteiger partial charge < -0.3 is 49.5 Å². The molecule has 2 N–H and O–H groups in total. The molecule has 450 valence electrons. The number of piperidine rings is 3. The van der Waals surface area contributed by atoms with Gasteiger partial charge in [-0.05, 0) is 165 Å². The molecule has 1 aliphatic carbocycles.